The lowest BCUT2D eigenvalue weighted by atomic mass is 9.87. The Kier molecular flexibility index (Phi) is 3.96. The van der Waals surface area contributed by atoms with Crippen molar-refractivity contribution in [2.75, 3.05) is 10.7 Å². The second-order valence-electron chi connectivity index (χ2n) is 5.71. The minimum Gasteiger partial charge on any atom is -0.488 e. The van der Waals surface area contributed by atoms with Crippen LogP contribution in [0.3, 0.4) is 0 Å². The van der Waals surface area contributed by atoms with Crippen LogP contribution in [0.5, 0.6) is 11.5 Å². The van der Waals surface area contributed by atoms with Crippen LogP contribution in [-0.2, 0) is 13.2 Å². The minimum absolute atomic E-state index is 0.00695. The standard InChI is InChI=1S/C18H12Br2O4/c19-5-13(21)9-1-11-7-23-16-4-10(14(22)6-20)2-12-8-24-15(3-9)17(11)18(12)16/h1-4H,5-8H2. The third-order valence-electron chi connectivity index (χ3n) is 4.27. The van der Waals surface area contributed by atoms with Gasteiger partial charge in [-0.2, -0.15) is 0 Å². The predicted octanol–water partition coefficient (Wildman–Crippen LogP) is 4.29. The zero-order valence-electron chi connectivity index (χ0n) is 12.5. The van der Waals surface area contributed by atoms with Gasteiger partial charge in [-0.1, -0.05) is 31.9 Å². The molecule has 0 radical (unpaired) electrons. The number of rotatable bonds is 4. The molecular weight excluding hydrogens is 440 g/mol. The van der Waals surface area contributed by atoms with Gasteiger partial charge in [0.05, 0.1) is 10.7 Å². The Morgan fingerprint density at radius 2 is 1.21 bits per heavy atom. The average molecular weight is 452 g/mol. The lowest BCUT2D eigenvalue weighted by Crippen LogP contribution is -2.17. The fourth-order valence-electron chi connectivity index (χ4n) is 3.16. The second kappa shape index (κ2) is 6.01. The van der Waals surface area contributed by atoms with Gasteiger partial charge >= 0.3 is 0 Å². The molecule has 0 unspecified atom stereocenters. The van der Waals surface area contributed by atoms with Crippen molar-refractivity contribution in [3.63, 3.8) is 0 Å². The van der Waals surface area contributed by atoms with E-state index in [9.17, 15) is 9.59 Å². The molecule has 0 saturated carbocycles. The van der Waals surface area contributed by atoms with Crippen molar-refractivity contribution >= 4 is 43.4 Å². The predicted molar refractivity (Wildman–Crippen MR) is 96.8 cm³/mol. The Morgan fingerprint density at radius 1 is 0.792 bits per heavy atom. The summed E-state index contributed by atoms with van der Waals surface area (Å²) in [6.07, 6.45) is 0. The summed E-state index contributed by atoms with van der Waals surface area (Å²) >= 11 is 6.41. The zero-order valence-corrected chi connectivity index (χ0v) is 15.7. The molecule has 0 fully saturated rings. The Morgan fingerprint density at radius 3 is 1.58 bits per heavy atom. The summed E-state index contributed by atoms with van der Waals surface area (Å²) in [5.41, 5.74) is 5.04. The zero-order chi connectivity index (χ0) is 16.8. The topological polar surface area (TPSA) is 52.6 Å². The van der Waals surface area contributed by atoms with Gasteiger partial charge in [0.25, 0.3) is 0 Å². The summed E-state index contributed by atoms with van der Waals surface area (Å²) < 4.78 is 11.8. The Labute approximate surface area is 155 Å². The van der Waals surface area contributed by atoms with E-state index in [2.05, 4.69) is 31.9 Å². The molecule has 4 rings (SSSR count). The van der Waals surface area contributed by atoms with E-state index in [-0.39, 0.29) is 22.2 Å². The van der Waals surface area contributed by atoms with E-state index < -0.39 is 0 Å². The molecule has 0 spiro atoms. The number of carbonyl (C=O) groups excluding carboxylic acids is 2. The van der Waals surface area contributed by atoms with Crippen molar-refractivity contribution < 1.29 is 19.1 Å². The number of ether oxygens (including phenoxy) is 2. The second-order valence-corrected chi connectivity index (χ2v) is 6.83. The smallest absolute Gasteiger partial charge is 0.173 e. The maximum absolute atomic E-state index is 12.0. The highest BCUT2D eigenvalue weighted by molar-refractivity contribution is 9.09. The van der Waals surface area contributed by atoms with E-state index in [4.69, 9.17) is 9.47 Å². The van der Waals surface area contributed by atoms with Crippen molar-refractivity contribution in [3.05, 3.63) is 46.5 Å². The summed E-state index contributed by atoms with van der Waals surface area (Å²) in [7, 11) is 0. The summed E-state index contributed by atoms with van der Waals surface area (Å²) in [4.78, 5) is 24.0. The van der Waals surface area contributed by atoms with Crippen LogP contribution in [0.25, 0.3) is 11.1 Å². The molecule has 0 N–H and O–H groups in total. The quantitative estimate of drug-likeness (QED) is 0.513. The van der Waals surface area contributed by atoms with Gasteiger partial charge in [0, 0.05) is 33.4 Å². The highest BCUT2D eigenvalue weighted by Crippen LogP contribution is 2.49. The summed E-state index contributed by atoms with van der Waals surface area (Å²) in [6.45, 7) is 0.709. The number of hydrogen-bond donors (Lipinski definition) is 0. The number of alkyl halides is 2. The number of benzene rings is 2. The first-order valence-electron chi connectivity index (χ1n) is 7.40. The maximum Gasteiger partial charge on any atom is 0.173 e. The molecule has 24 heavy (non-hydrogen) atoms. The molecule has 2 heterocycles. The van der Waals surface area contributed by atoms with Crippen molar-refractivity contribution in [2.24, 2.45) is 0 Å². The SMILES string of the molecule is O=C(CBr)c1cc2c3c(c1)OCc1cc(C(=O)CBr)cc(c1-3)OC2. The van der Waals surface area contributed by atoms with Crippen LogP contribution < -0.4 is 9.47 Å². The largest absolute Gasteiger partial charge is 0.488 e. The molecule has 0 aliphatic carbocycles. The third-order valence-corrected chi connectivity index (χ3v) is 5.29. The molecule has 0 atom stereocenters. The number of ketones is 2. The number of carbonyl (C=O) groups is 2. The van der Waals surface area contributed by atoms with Gasteiger partial charge in [0.15, 0.2) is 11.6 Å². The van der Waals surface area contributed by atoms with E-state index in [1.54, 1.807) is 12.1 Å². The number of hydrogen-bond acceptors (Lipinski definition) is 4. The van der Waals surface area contributed by atoms with Crippen molar-refractivity contribution in [2.45, 2.75) is 13.2 Å². The van der Waals surface area contributed by atoms with Gasteiger partial charge in [-0.3, -0.25) is 9.59 Å². The molecule has 0 bridgehead atoms. The van der Waals surface area contributed by atoms with Crippen LogP contribution in [0.15, 0.2) is 24.3 Å². The molecule has 4 nitrogen and oxygen atoms in total. The van der Waals surface area contributed by atoms with Crippen molar-refractivity contribution in [1.82, 2.24) is 0 Å². The third kappa shape index (κ3) is 2.40. The first-order valence-corrected chi connectivity index (χ1v) is 9.64. The molecule has 2 aromatic rings. The van der Waals surface area contributed by atoms with Gasteiger partial charge in [-0.05, 0) is 24.3 Å². The molecule has 2 aromatic carbocycles. The van der Waals surface area contributed by atoms with Crippen molar-refractivity contribution in [1.29, 1.82) is 0 Å². The fourth-order valence-corrected chi connectivity index (χ4v) is 3.80. The number of Topliss-reactive ketones (excluding diaryl/α,β-unsaturated/α-hetero) is 2. The van der Waals surface area contributed by atoms with Crippen LogP contribution in [0.2, 0.25) is 0 Å². The van der Waals surface area contributed by atoms with E-state index in [1.165, 1.54) is 0 Å². The first kappa shape index (κ1) is 15.8. The highest BCUT2D eigenvalue weighted by atomic mass is 79.9. The highest BCUT2D eigenvalue weighted by Gasteiger charge is 2.30. The summed E-state index contributed by atoms with van der Waals surface area (Å²) in [6, 6.07) is 7.30. The molecular formula is C18H12Br2O4. The van der Waals surface area contributed by atoms with E-state index >= 15 is 0 Å². The van der Waals surface area contributed by atoms with Crippen LogP contribution in [0, 0.1) is 0 Å². The van der Waals surface area contributed by atoms with E-state index in [1.807, 2.05) is 12.1 Å². The normalized spacial score (nSPS) is 13.6. The number of halogens is 2. The van der Waals surface area contributed by atoms with Crippen LogP contribution in [0.4, 0.5) is 0 Å². The molecule has 2 aliphatic heterocycles. The summed E-state index contributed by atoms with van der Waals surface area (Å²) in [5.74, 6) is 1.42. The first-order chi connectivity index (χ1) is 11.6. The van der Waals surface area contributed by atoms with Gasteiger partial charge in [-0.15, -0.1) is 0 Å². The van der Waals surface area contributed by atoms with Gasteiger partial charge in [-0.25, -0.2) is 0 Å². The minimum atomic E-state index is 0.00695. The van der Waals surface area contributed by atoms with Gasteiger partial charge < -0.3 is 9.47 Å². The molecule has 2 aliphatic rings. The monoisotopic (exact) mass is 450 g/mol. The van der Waals surface area contributed by atoms with Gasteiger partial charge in [0.1, 0.15) is 24.7 Å². The molecule has 0 amide bonds. The van der Waals surface area contributed by atoms with Crippen LogP contribution in [-0.4, -0.2) is 22.2 Å². The molecule has 0 aromatic heterocycles. The molecule has 0 saturated heterocycles. The summed E-state index contributed by atoms with van der Waals surface area (Å²) in [5, 5.41) is 0.540. The van der Waals surface area contributed by atoms with Crippen LogP contribution >= 0.6 is 31.9 Å². The fraction of sp³-hybridized carbons (Fsp3) is 0.222. The Hall–Kier alpha value is -1.66. The van der Waals surface area contributed by atoms with Crippen LogP contribution in [0.1, 0.15) is 31.8 Å². The maximum atomic E-state index is 12.0. The molecule has 6 heteroatoms. The van der Waals surface area contributed by atoms with E-state index in [0.29, 0.717) is 35.8 Å². The molecule has 122 valence electrons. The van der Waals surface area contributed by atoms with E-state index in [0.717, 1.165) is 22.3 Å². The lowest BCUT2D eigenvalue weighted by molar-refractivity contribution is 0.101. The Bertz CT molecular complexity index is 765. The van der Waals surface area contributed by atoms with Crippen molar-refractivity contribution in [3.8, 4) is 22.6 Å². The lowest BCUT2D eigenvalue weighted by Gasteiger charge is -2.30. The Balaban J connectivity index is 1.91. The van der Waals surface area contributed by atoms with Gasteiger partial charge in [0.2, 0.25) is 0 Å². The average Bonchev–Trinajstić information content (AvgIpc) is 2.63.